The minimum absolute atomic E-state index is 0.0844. The van der Waals surface area contributed by atoms with E-state index >= 15 is 0 Å². The fourth-order valence-corrected chi connectivity index (χ4v) is 3.79. The van der Waals surface area contributed by atoms with Crippen LogP contribution >= 0.6 is 11.6 Å². The largest absolute Gasteiger partial charge is 0.466 e. The fraction of sp³-hybridized carbons (Fsp3) is 0.875. The van der Waals surface area contributed by atoms with E-state index < -0.39 is 0 Å². The SMILES string of the molecule is CCOC(=O)CCCCCCC(CCCC(CCCC(C)(C)C)OC(C)=O)C(=O)Cl. The summed E-state index contributed by atoms with van der Waals surface area (Å²) in [7, 11) is 0. The van der Waals surface area contributed by atoms with Crippen LogP contribution in [0.1, 0.15) is 112 Å². The first-order valence-electron chi connectivity index (χ1n) is 11.6. The molecular weight excluding hydrogens is 404 g/mol. The molecule has 0 aliphatic rings. The standard InChI is InChI=1S/C24H43ClO5/c1-6-29-22(27)17-10-8-7-9-13-20(23(25)28)14-11-15-21(30-19(2)26)16-12-18-24(3,4)5/h20-21H,6-18H2,1-5H3. The molecule has 0 aromatic rings. The molecule has 0 spiro atoms. The van der Waals surface area contributed by atoms with E-state index in [4.69, 9.17) is 21.1 Å². The Balaban J connectivity index is 4.18. The van der Waals surface area contributed by atoms with Crippen molar-refractivity contribution in [3.8, 4) is 0 Å². The summed E-state index contributed by atoms with van der Waals surface area (Å²) < 4.78 is 10.4. The van der Waals surface area contributed by atoms with Crippen molar-refractivity contribution in [2.45, 2.75) is 118 Å². The molecule has 0 N–H and O–H groups in total. The molecule has 2 atom stereocenters. The molecule has 0 aromatic carbocycles. The van der Waals surface area contributed by atoms with Gasteiger partial charge in [0.25, 0.3) is 0 Å². The summed E-state index contributed by atoms with van der Waals surface area (Å²) in [5, 5.41) is -0.279. The predicted molar refractivity (Wildman–Crippen MR) is 121 cm³/mol. The summed E-state index contributed by atoms with van der Waals surface area (Å²) in [5.41, 5.74) is 0.271. The van der Waals surface area contributed by atoms with Gasteiger partial charge in [-0.2, -0.15) is 0 Å². The molecule has 0 amide bonds. The number of carbonyl (C=O) groups is 3. The fourth-order valence-electron chi connectivity index (χ4n) is 3.57. The maximum Gasteiger partial charge on any atom is 0.305 e. The van der Waals surface area contributed by atoms with E-state index in [1.165, 1.54) is 6.92 Å². The Kier molecular flexibility index (Phi) is 16.0. The molecule has 0 rings (SSSR count). The topological polar surface area (TPSA) is 69.7 Å². The van der Waals surface area contributed by atoms with E-state index in [9.17, 15) is 14.4 Å². The lowest BCUT2D eigenvalue weighted by Crippen LogP contribution is -2.18. The second kappa shape index (κ2) is 16.6. The zero-order chi connectivity index (χ0) is 23.0. The van der Waals surface area contributed by atoms with E-state index in [1.54, 1.807) is 0 Å². The molecule has 0 saturated carbocycles. The number of carbonyl (C=O) groups excluding carboxylic acids is 3. The lowest BCUT2D eigenvalue weighted by Gasteiger charge is -2.22. The van der Waals surface area contributed by atoms with Crippen LogP contribution < -0.4 is 0 Å². The molecular formula is C24H43ClO5. The third-order valence-electron chi connectivity index (χ3n) is 5.17. The van der Waals surface area contributed by atoms with Crippen LogP contribution in [0.2, 0.25) is 0 Å². The molecule has 5 nitrogen and oxygen atoms in total. The number of rotatable bonds is 17. The highest BCUT2D eigenvalue weighted by molar-refractivity contribution is 6.63. The predicted octanol–water partition coefficient (Wildman–Crippen LogP) is 6.59. The van der Waals surface area contributed by atoms with Crippen LogP contribution in [0.3, 0.4) is 0 Å². The highest BCUT2D eigenvalue weighted by atomic mass is 35.5. The molecule has 176 valence electrons. The Morgan fingerprint density at radius 1 is 0.867 bits per heavy atom. The molecule has 0 saturated heterocycles. The first kappa shape index (κ1) is 28.9. The molecule has 0 heterocycles. The lowest BCUT2D eigenvalue weighted by molar-refractivity contribution is -0.147. The first-order chi connectivity index (χ1) is 14.0. The molecule has 0 radical (unpaired) electrons. The Morgan fingerprint density at radius 2 is 1.47 bits per heavy atom. The quantitative estimate of drug-likeness (QED) is 0.143. The van der Waals surface area contributed by atoms with Crippen LogP contribution in [0.4, 0.5) is 0 Å². The molecule has 6 heteroatoms. The average molecular weight is 447 g/mol. The number of esters is 2. The van der Waals surface area contributed by atoms with Gasteiger partial charge in [-0.15, -0.1) is 0 Å². The minimum Gasteiger partial charge on any atom is -0.466 e. The van der Waals surface area contributed by atoms with Gasteiger partial charge in [0.15, 0.2) is 0 Å². The third-order valence-corrected chi connectivity index (χ3v) is 5.48. The molecule has 0 bridgehead atoms. The van der Waals surface area contributed by atoms with Gasteiger partial charge in [-0.25, -0.2) is 0 Å². The van der Waals surface area contributed by atoms with E-state index in [0.717, 1.165) is 70.6 Å². The van der Waals surface area contributed by atoms with Crippen LogP contribution in [0.15, 0.2) is 0 Å². The Bertz CT molecular complexity index is 498. The highest BCUT2D eigenvalue weighted by Gasteiger charge is 2.19. The van der Waals surface area contributed by atoms with Crippen LogP contribution in [0, 0.1) is 11.3 Å². The van der Waals surface area contributed by atoms with Gasteiger partial charge >= 0.3 is 11.9 Å². The molecule has 0 aromatic heterocycles. The first-order valence-corrected chi connectivity index (χ1v) is 11.9. The van der Waals surface area contributed by atoms with Crippen molar-refractivity contribution in [3.05, 3.63) is 0 Å². The molecule has 0 aliphatic heterocycles. The van der Waals surface area contributed by atoms with Crippen molar-refractivity contribution in [2.75, 3.05) is 6.61 Å². The Morgan fingerprint density at radius 3 is 2.03 bits per heavy atom. The normalized spacial score (nSPS) is 13.5. The van der Waals surface area contributed by atoms with Gasteiger partial charge in [0.2, 0.25) is 5.24 Å². The smallest absolute Gasteiger partial charge is 0.305 e. The van der Waals surface area contributed by atoms with Crippen LogP contribution in [-0.2, 0) is 23.9 Å². The molecule has 30 heavy (non-hydrogen) atoms. The zero-order valence-corrected chi connectivity index (χ0v) is 20.5. The second-order valence-corrected chi connectivity index (χ2v) is 9.75. The summed E-state index contributed by atoms with van der Waals surface area (Å²) in [6, 6.07) is 0. The third kappa shape index (κ3) is 17.7. The molecule has 0 aliphatic carbocycles. The van der Waals surface area contributed by atoms with Crippen molar-refractivity contribution < 1.29 is 23.9 Å². The van der Waals surface area contributed by atoms with E-state index in [1.807, 2.05) is 6.92 Å². The number of ether oxygens (including phenoxy) is 2. The minimum atomic E-state index is -0.279. The van der Waals surface area contributed by atoms with Crippen molar-refractivity contribution in [1.29, 1.82) is 0 Å². The van der Waals surface area contributed by atoms with Gasteiger partial charge in [-0.3, -0.25) is 14.4 Å². The van der Waals surface area contributed by atoms with Gasteiger partial charge < -0.3 is 9.47 Å². The number of hydrogen-bond donors (Lipinski definition) is 0. The summed E-state index contributed by atoms with van der Waals surface area (Å²) in [6.07, 6.45) is 10.1. The lowest BCUT2D eigenvalue weighted by atomic mass is 9.88. The maximum absolute atomic E-state index is 11.8. The van der Waals surface area contributed by atoms with Gasteiger partial charge in [-0.1, -0.05) is 40.0 Å². The summed E-state index contributed by atoms with van der Waals surface area (Å²) >= 11 is 5.81. The zero-order valence-electron chi connectivity index (χ0n) is 19.8. The highest BCUT2D eigenvalue weighted by Crippen LogP contribution is 2.25. The number of unbranched alkanes of at least 4 members (excludes halogenated alkanes) is 3. The monoisotopic (exact) mass is 446 g/mol. The number of halogens is 1. The van der Waals surface area contributed by atoms with Crippen LogP contribution in [-0.4, -0.2) is 29.9 Å². The Labute approximate surface area is 188 Å². The van der Waals surface area contributed by atoms with Crippen molar-refractivity contribution in [2.24, 2.45) is 11.3 Å². The van der Waals surface area contributed by atoms with E-state index in [2.05, 4.69) is 20.8 Å². The van der Waals surface area contributed by atoms with Gasteiger partial charge in [0, 0.05) is 19.3 Å². The van der Waals surface area contributed by atoms with E-state index in [0.29, 0.717) is 13.0 Å². The summed E-state index contributed by atoms with van der Waals surface area (Å²) in [4.78, 5) is 34.5. The molecule has 0 fully saturated rings. The van der Waals surface area contributed by atoms with Crippen LogP contribution in [0.5, 0.6) is 0 Å². The van der Waals surface area contributed by atoms with Crippen molar-refractivity contribution in [3.63, 3.8) is 0 Å². The number of hydrogen-bond acceptors (Lipinski definition) is 5. The summed E-state index contributed by atoms with van der Waals surface area (Å²) in [5.74, 6) is -0.538. The summed E-state index contributed by atoms with van der Waals surface area (Å²) in [6.45, 7) is 10.3. The Hall–Kier alpha value is -1.10. The average Bonchev–Trinajstić information content (AvgIpc) is 2.61. The van der Waals surface area contributed by atoms with Gasteiger partial charge in [0.1, 0.15) is 6.10 Å². The van der Waals surface area contributed by atoms with E-state index in [-0.39, 0.29) is 34.6 Å². The van der Waals surface area contributed by atoms with Crippen molar-refractivity contribution in [1.82, 2.24) is 0 Å². The molecule has 2 unspecified atom stereocenters. The van der Waals surface area contributed by atoms with Crippen LogP contribution in [0.25, 0.3) is 0 Å². The van der Waals surface area contributed by atoms with Gasteiger partial charge in [-0.05, 0) is 75.3 Å². The van der Waals surface area contributed by atoms with Crippen molar-refractivity contribution >= 4 is 28.8 Å². The van der Waals surface area contributed by atoms with Gasteiger partial charge in [0.05, 0.1) is 6.61 Å². The maximum atomic E-state index is 11.8. The second-order valence-electron chi connectivity index (χ2n) is 9.37.